The van der Waals surface area contributed by atoms with Gasteiger partial charge in [0.2, 0.25) is 0 Å². The van der Waals surface area contributed by atoms with Gasteiger partial charge in [-0.05, 0) is 36.3 Å². The zero-order valence-corrected chi connectivity index (χ0v) is 15.0. The molecule has 5 heteroatoms. The first kappa shape index (κ1) is 17.1. The molecular weight excluding hydrogens is 292 g/mol. The second kappa shape index (κ2) is 9.03. The molecule has 0 unspecified atom stereocenters. The van der Waals surface area contributed by atoms with Crippen LogP contribution in [-0.2, 0) is 0 Å². The molecule has 0 aliphatic carbocycles. The van der Waals surface area contributed by atoms with Gasteiger partial charge in [0, 0.05) is 32.7 Å². The summed E-state index contributed by atoms with van der Waals surface area (Å²) in [5.74, 6) is 1.70. The zero-order valence-electron chi connectivity index (χ0n) is 14.1. The van der Waals surface area contributed by atoms with Gasteiger partial charge in [-0.15, -0.1) is 11.3 Å². The Balaban J connectivity index is 1.74. The van der Waals surface area contributed by atoms with E-state index in [9.17, 15) is 0 Å². The number of thiophene rings is 1. The van der Waals surface area contributed by atoms with E-state index in [-0.39, 0.29) is 0 Å². The lowest BCUT2D eigenvalue weighted by atomic mass is 10.0. The van der Waals surface area contributed by atoms with Crippen LogP contribution < -0.4 is 15.5 Å². The normalized spacial score (nSPS) is 17.1. The third kappa shape index (κ3) is 4.90. The Kier molecular flexibility index (Phi) is 7.03. The number of guanidine groups is 1. The van der Waals surface area contributed by atoms with Gasteiger partial charge in [0.25, 0.3) is 0 Å². The van der Waals surface area contributed by atoms with Crippen molar-refractivity contribution in [1.29, 1.82) is 0 Å². The summed E-state index contributed by atoms with van der Waals surface area (Å²) in [6.45, 7) is 7.78. The van der Waals surface area contributed by atoms with Crippen LogP contribution in [0.1, 0.15) is 39.5 Å². The van der Waals surface area contributed by atoms with Crippen molar-refractivity contribution in [2.45, 2.75) is 45.6 Å². The van der Waals surface area contributed by atoms with Crippen LogP contribution >= 0.6 is 11.3 Å². The van der Waals surface area contributed by atoms with Gasteiger partial charge in [-0.3, -0.25) is 4.99 Å². The van der Waals surface area contributed by atoms with Crippen LogP contribution in [0, 0.1) is 5.92 Å². The van der Waals surface area contributed by atoms with Crippen molar-refractivity contribution in [1.82, 2.24) is 10.6 Å². The summed E-state index contributed by atoms with van der Waals surface area (Å²) in [7, 11) is 1.86. The lowest BCUT2D eigenvalue weighted by Crippen LogP contribution is -2.49. The molecule has 124 valence electrons. The van der Waals surface area contributed by atoms with E-state index in [0.717, 1.165) is 31.5 Å². The summed E-state index contributed by atoms with van der Waals surface area (Å²) in [6, 6.07) is 4.88. The Morgan fingerprint density at radius 3 is 2.64 bits per heavy atom. The molecule has 0 spiro atoms. The van der Waals surface area contributed by atoms with Gasteiger partial charge in [0.1, 0.15) is 0 Å². The van der Waals surface area contributed by atoms with E-state index in [1.165, 1.54) is 30.7 Å². The van der Waals surface area contributed by atoms with Crippen molar-refractivity contribution in [3.8, 4) is 0 Å². The summed E-state index contributed by atoms with van der Waals surface area (Å²) in [6.07, 6.45) is 4.78. The Morgan fingerprint density at radius 1 is 1.36 bits per heavy atom. The molecule has 0 atom stereocenters. The quantitative estimate of drug-likeness (QED) is 0.623. The minimum atomic E-state index is 0.532. The van der Waals surface area contributed by atoms with Crippen LogP contribution in [0.4, 0.5) is 5.00 Å². The van der Waals surface area contributed by atoms with E-state index in [1.54, 1.807) is 0 Å². The smallest absolute Gasteiger partial charge is 0.191 e. The molecule has 0 radical (unpaired) electrons. The average Bonchev–Trinajstić information content (AvgIpc) is 3.09. The van der Waals surface area contributed by atoms with Gasteiger partial charge in [0.15, 0.2) is 5.96 Å². The van der Waals surface area contributed by atoms with E-state index >= 15 is 0 Å². The summed E-state index contributed by atoms with van der Waals surface area (Å²) in [5, 5.41) is 10.6. The van der Waals surface area contributed by atoms with Gasteiger partial charge in [-0.1, -0.05) is 26.7 Å². The lowest BCUT2D eigenvalue weighted by Gasteiger charge is -2.33. The monoisotopic (exact) mass is 322 g/mol. The SMILES string of the molecule is CCC(CC)CNC(=NC)NC1CCN(c2cccs2)CC1. The Bertz CT molecular complexity index is 432. The van der Waals surface area contributed by atoms with Gasteiger partial charge in [0.05, 0.1) is 5.00 Å². The second-order valence-corrected chi connectivity index (χ2v) is 6.92. The molecule has 22 heavy (non-hydrogen) atoms. The number of hydrogen-bond acceptors (Lipinski definition) is 3. The molecule has 0 bridgehead atoms. The molecule has 1 fully saturated rings. The molecule has 2 rings (SSSR count). The number of hydrogen-bond donors (Lipinski definition) is 2. The molecular formula is C17H30N4S. The van der Waals surface area contributed by atoms with E-state index < -0.39 is 0 Å². The first-order chi connectivity index (χ1) is 10.8. The predicted molar refractivity (Wildman–Crippen MR) is 98.1 cm³/mol. The van der Waals surface area contributed by atoms with Crippen molar-refractivity contribution in [2.75, 3.05) is 31.6 Å². The molecule has 0 amide bonds. The summed E-state index contributed by atoms with van der Waals surface area (Å²) in [5.41, 5.74) is 0. The molecule has 1 saturated heterocycles. The Hall–Kier alpha value is -1.23. The fourth-order valence-corrected chi connectivity index (χ4v) is 3.69. The van der Waals surface area contributed by atoms with Crippen molar-refractivity contribution >= 4 is 22.3 Å². The van der Waals surface area contributed by atoms with Crippen molar-refractivity contribution in [2.24, 2.45) is 10.9 Å². The maximum absolute atomic E-state index is 4.37. The lowest BCUT2D eigenvalue weighted by molar-refractivity contribution is 0.450. The highest BCUT2D eigenvalue weighted by Crippen LogP contribution is 2.24. The summed E-state index contributed by atoms with van der Waals surface area (Å²) < 4.78 is 0. The van der Waals surface area contributed by atoms with Gasteiger partial charge in [-0.25, -0.2) is 0 Å². The van der Waals surface area contributed by atoms with Crippen molar-refractivity contribution < 1.29 is 0 Å². The molecule has 1 aliphatic rings. The Morgan fingerprint density at radius 2 is 2.09 bits per heavy atom. The molecule has 1 aliphatic heterocycles. The third-order valence-corrected chi connectivity index (χ3v) is 5.52. The summed E-state index contributed by atoms with van der Waals surface area (Å²) in [4.78, 5) is 6.86. The molecule has 0 aromatic carbocycles. The fraction of sp³-hybridized carbons (Fsp3) is 0.706. The van der Waals surface area contributed by atoms with Crippen LogP contribution in [0.15, 0.2) is 22.5 Å². The molecule has 1 aromatic rings. The fourth-order valence-electron chi connectivity index (χ4n) is 2.90. The maximum Gasteiger partial charge on any atom is 0.191 e. The number of rotatable bonds is 6. The molecule has 2 N–H and O–H groups in total. The number of anilines is 1. The van der Waals surface area contributed by atoms with E-state index in [2.05, 4.69) is 51.9 Å². The van der Waals surface area contributed by atoms with E-state index in [4.69, 9.17) is 0 Å². The average molecular weight is 323 g/mol. The second-order valence-electron chi connectivity index (χ2n) is 5.99. The minimum Gasteiger partial charge on any atom is -0.363 e. The van der Waals surface area contributed by atoms with Crippen LogP contribution in [0.2, 0.25) is 0 Å². The number of aliphatic imine (C=N–C) groups is 1. The van der Waals surface area contributed by atoms with Gasteiger partial charge >= 0.3 is 0 Å². The van der Waals surface area contributed by atoms with Crippen molar-refractivity contribution in [3.63, 3.8) is 0 Å². The van der Waals surface area contributed by atoms with Crippen LogP contribution in [0.3, 0.4) is 0 Å². The maximum atomic E-state index is 4.37. The molecule has 4 nitrogen and oxygen atoms in total. The Labute approximate surface area is 139 Å². The zero-order chi connectivity index (χ0) is 15.8. The minimum absolute atomic E-state index is 0.532. The van der Waals surface area contributed by atoms with E-state index in [1.807, 2.05) is 18.4 Å². The summed E-state index contributed by atoms with van der Waals surface area (Å²) >= 11 is 1.83. The van der Waals surface area contributed by atoms with Crippen LogP contribution in [-0.4, -0.2) is 38.7 Å². The van der Waals surface area contributed by atoms with Crippen LogP contribution in [0.5, 0.6) is 0 Å². The van der Waals surface area contributed by atoms with Crippen molar-refractivity contribution in [3.05, 3.63) is 17.5 Å². The highest BCUT2D eigenvalue weighted by atomic mass is 32.1. The number of nitrogens with one attached hydrogen (secondary N) is 2. The van der Waals surface area contributed by atoms with Gasteiger partial charge < -0.3 is 15.5 Å². The highest BCUT2D eigenvalue weighted by Gasteiger charge is 2.20. The van der Waals surface area contributed by atoms with Crippen LogP contribution in [0.25, 0.3) is 0 Å². The number of nitrogens with zero attached hydrogens (tertiary/aromatic N) is 2. The van der Waals surface area contributed by atoms with Gasteiger partial charge in [-0.2, -0.15) is 0 Å². The molecule has 0 saturated carbocycles. The first-order valence-electron chi connectivity index (χ1n) is 8.52. The third-order valence-electron chi connectivity index (χ3n) is 4.59. The largest absolute Gasteiger partial charge is 0.363 e. The predicted octanol–water partition coefficient (Wildman–Crippen LogP) is 3.32. The van der Waals surface area contributed by atoms with E-state index in [0.29, 0.717) is 6.04 Å². The highest BCUT2D eigenvalue weighted by molar-refractivity contribution is 7.14. The first-order valence-corrected chi connectivity index (χ1v) is 9.40. The standard InChI is InChI=1S/C17H30N4S/c1-4-14(5-2)13-19-17(18-3)20-15-8-10-21(11-9-15)16-7-6-12-22-16/h6-7,12,14-15H,4-5,8-11,13H2,1-3H3,(H2,18,19,20). The molecule has 2 heterocycles. The number of piperidine rings is 1. The molecule has 1 aromatic heterocycles. The topological polar surface area (TPSA) is 39.7 Å².